The number of nitrogens with zero attached hydrogens (tertiary/aromatic N) is 1. The fourth-order valence-corrected chi connectivity index (χ4v) is 1.45. The van der Waals surface area contributed by atoms with Gasteiger partial charge in [0, 0.05) is 5.39 Å². The second-order valence-electron chi connectivity index (χ2n) is 3.16. The van der Waals surface area contributed by atoms with E-state index in [4.69, 9.17) is 0 Å². The summed E-state index contributed by atoms with van der Waals surface area (Å²) >= 11 is 0. The van der Waals surface area contributed by atoms with E-state index in [2.05, 4.69) is 14.9 Å². The van der Waals surface area contributed by atoms with Crippen LogP contribution in [0.4, 0.5) is 8.78 Å². The fraction of sp³-hybridized carbons (Fsp3) is 0.200. The van der Waals surface area contributed by atoms with Crippen LogP contribution in [0.25, 0.3) is 10.9 Å². The normalized spacial score (nSPS) is 11.0. The summed E-state index contributed by atoms with van der Waals surface area (Å²) in [5.41, 5.74) is 0.321. The number of nitrogens with one attached hydrogen (secondary N) is 1. The Bertz CT molecular complexity index is 537. The summed E-state index contributed by atoms with van der Waals surface area (Å²) in [7, 11) is 1.23. The molecule has 6 heteroatoms. The highest BCUT2D eigenvalue weighted by molar-refractivity contribution is 5.95. The average molecular weight is 226 g/mol. The van der Waals surface area contributed by atoms with Gasteiger partial charge in [0.15, 0.2) is 0 Å². The molecule has 0 saturated heterocycles. The van der Waals surface area contributed by atoms with Gasteiger partial charge in [-0.25, -0.2) is 13.6 Å². The van der Waals surface area contributed by atoms with Crippen molar-refractivity contribution in [2.45, 2.75) is 6.43 Å². The number of aromatic nitrogens is 2. The molecule has 16 heavy (non-hydrogen) atoms. The molecule has 0 saturated carbocycles. The Labute approximate surface area is 89.2 Å². The molecular weight excluding hydrogens is 218 g/mol. The number of halogens is 2. The Hall–Kier alpha value is -1.98. The maximum atomic E-state index is 12.5. The second-order valence-corrected chi connectivity index (χ2v) is 3.16. The molecule has 1 aromatic heterocycles. The van der Waals surface area contributed by atoms with Crippen LogP contribution in [0.15, 0.2) is 18.2 Å². The SMILES string of the molecule is COC(=O)c1ccc2[nH]nc(C(F)F)c2c1. The first-order chi connectivity index (χ1) is 7.63. The third kappa shape index (κ3) is 1.62. The number of esters is 1. The fourth-order valence-electron chi connectivity index (χ4n) is 1.45. The predicted octanol–water partition coefficient (Wildman–Crippen LogP) is 2.29. The Balaban J connectivity index is 2.58. The molecule has 2 aromatic rings. The Kier molecular flexibility index (Phi) is 2.55. The number of fused-ring (bicyclic) bond motifs is 1. The Morgan fingerprint density at radius 1 is 1.50 bits per heavy atom. The quantitative estimate of drug-likeness (QED) is 0.799. The van der Waals surface area contributed by atoms with E-state index in [-0.39, 0.29) is 16.6 Å². The van der Waals surface area contributed by atoms with E-state index < -0.39 is 12.4 Å². The van der Waals surface area contributed by atoms with E-state index in [0.29, 0.717) is 5.52 Å². The number of hydrogen-bond acceptors (Lipinski definition) is 3. The highest BCUT2D eigenvalue weighted by atomic mass is 19.3. The van der Waals surface area contributed by atoms with Crippen LogP contribution in [0, 0.1) is 0 Å². The van der Waals surface area contributed by atoms with E-state index in [1.807, 2.05) is 0 Å². The molecule has 1 aromatic carbocycles. The predicted molar refractivity (Wildman–Crippen MR) is 52.4 cm³/mol. The average Bonchev–Trinajstić information content (AvgIpc) is 2.70. The van der Waals surface area contributed by atoms with Crippen molar-refractivity contribution < 1.29 is 18.3 Å². The minimum absolute atomic E-state index is 0.221. The van der Waals surface area contributed by atoms with Crippen LogP contribution >= 0.6 is 0 Å². The van der Waals surface area contributed by atoms with Gasteiger partial charge >= 0.3 is 5.97 Å². The lowest BCUT2D eigenvalue weighted by atomic mass is 10.1. The number of ether oxygens (including phenoxy) is 1. The van der Waals surface area contributed by atoms with Crippen LogP contribution in [0.5, 0.6) is 0 Å². The van der Waals surface area contributed by atoms with E-state index in [1.165, 1.54) is 25.3 Å². The Morgan fingerprint density at radius 3 is 2.88 bits per heavy atom. The second kappa shape index (κ2) is 3.88. The lowest BCUT2D eigenvalue weighted by Crippen LogP contribution is -2.00. The maximum absolute atomic E-state index is 12.5. The van der Waals surface area contributed by atoms with E-state index >= 15 is 0 Å². The zero-order valence-corrected chi connectivity index (χ0v) is 8.33. The van der Waals surface area contributed by atoms with E-state index in [1.54, 1.807) is 0 Å². The lowest BCUT2D eigenvalue weighted by molar-refractivity contribution is 0.0601. The van der Waals surface area contributed by atoms with Crippen molar-refractivity contribution in [2.75, 3.05) is 7.11 Å². The summed E-state index contributed by atoms with van der Waals surface area (Å²) in [4.78, 5) is 11.2. The number of rotatable bonds is 2. The summed E-state index contributed by atoms with van der Waals surface area (Å²) in [5, 5.41) is 6.20. The number of aromatic amines is 1. The summed E-state index contributed by atoms with van der Waals surface area (Å²) in [6, 6.07) is 4.34. The standard InChI is InChI=1S/C10H8F2N2O2/c1-16-10(15)5-2-3-7-6(4-5)8(9(11)12)14-13-7/h2-4,9H,1H3,(H,13,14). The van der Waals surface area contributed by atoms with Gasteiger partial charge in [0.05, 0.1) is 18.2 Å². The van der Waals surface area contributed by atoms with Crippen molar-refractivity contribution in [3.63, 3.8) is 0 Å². The zero-order valence-electron chi connectivity index (χ0n) is 8.33. The first-order valence-corrected chi connectivity index (χ1v) is 4.48. The number of H-pyrrole nitrogens is 1. The van der Waals surface area contributed by atoms with Gasteiger partial charge in [-0.1, -0.05) is 0 Å². The third-order valence-corrected chi connectivity index (χ3v) is 2.22. The molecule has 0 unspecified atom stereocenters. The van der Waals surface area contributed by atoms with Crippen molar-refractivity contribution in [1.82, 2.24) is 10.2 Å². The van der Waals surface area contributed by atoms with E-state index in [0.717, 1.165) is 0 Å². The molecule has 0 spiro atoms. The molecule has 0 aliphatic carbocycles. The van der Waals surface area contributed by atoms with Crippen LogP contribution < -0.4 is 0 Å². The van der Waals surface area contributed by atoms with Crippen molar-refractivity contribution >= 4 is 16.9 Å². The molecule has 1 heterocycles. The smallest absolute Gasteiger partial charge is 0.337 e. The minimum atomic E-state index is -2.68. The monoisotopic (exact) mass is 226 g/mol. The van der Waals surface area contributed by atoms with Crippen molar-refractivity contribution in [2.24, 2.45) is 0 Å². The molecule has 0 radical (unpaired) electrons. The summed E-state index contributed by atoms with van der Waals surface area (Å²) < 4.78 is 29.6. The first-order valence-electron chi connectivity index (χ1n) is 4.48. The van der Waals surface area contributed by atoms with Gasteiger partial charge in [-0.2, -0.15) is 5.10 Å². The number of benzene rings is 1. The number of carbonyl (C=O) groups is 1. The Morgan fingerprint density at radius 2 is 2.25 bits per heavy atom. The van der Waals surface area contributed by atoms with Crippen molar-refractivity contribution in [3.05, 3.63) is 29.5 Å². The number of methoxy groups -OCH3 is 1. The highest BCUT2D eigenvalue weighted by Crippen LogP contribution is 2.26. The van der Waals surface area contributed by atoms with Gasteiger partial charge in [0.25, 0.3) is 6.43 Å². The molecule has 2 rings (SSSR count). The van der Waals surface area contributed by atoms with Crippen molar-refractivity contribution in [3.8, 4) is 0 Å². The van der Waals surface area contributed by atoms with Crippen LogP contribution in [-0.2, 0) is 4.74 Å². The van der Waals surface area contributed by atoms with Gasteiger partial charge in [-0.05, 0) is 18.2 Å². The van der Waals surface area contributed by atoms with Crippen LogP contribution in [0.1, 0.15) is 22.5 Å². The third-order valence-electron chi connectivity index (χ3n) is 2.22. The molecule has 4 nitrogen and oxygen atoms in total. The largest absolute Gasteiger partial charge is 0.465 e. The van der Waals surface area contributed by atoms with Gasteiger partial charge in [-0.3, -0.25) is 5.10 Å². The minimum Gasteiger partial charge on any atom is -0.465 e. The number of hydrogen-bond donors (Lipinski definition) is 1. The molecule has 0 atom stereocenters. The summed E-state index contributed by atoms with van der Waals surface area (Å²) in [6.07, 6.45) is -2.68. The zero-order chi connectivity index (χ0) is 11.7. The molecule has 0 aliphatic heterocycles. The molecule has 1 N–H and O–H groups in total. The number of alkyl halides is 2. The topological polar surface area (TPSA) is 55.0 Å². The molecule has 0 amide bonds. The van der Waals surface area contributed by atoms with Gasteiger partial charge in [0.2, 0.25) is 0 Å². The van der Waals surface area contributed by atoms with Gasteiger partial charge in [0.1, 0.15) is 5.69 Å². The van der Waals surface area contributed by atoms with Crippen molar-refractivity contribution in [1.29, 1.82) is 0 Å². The maximum Gasteiger partial charge on any atom is 0.337 e. The first kappa shape index (κ1) is 10.5. The van der Waals surface area contributed by atoms with Crippen LogP contribution in [0.2, 0.25) is 0 Å². The number of carbonyl (C=O) groups excluding carboxylic acids is 1. The van der Waals surface area contributed by atoms with Crippen LogP contribution in [-0.4, -0.2) is 23.3 Å². The molecule has 84 valence electrons. The molecule has 0 fully saturated rings. The van der Waals surface area contributed by atoms with Crippen LogP contribution in [0.3, 0.4) is 0 Å². The molecular formula is C10H8F2N2O2. The van der Waals surface area contributed by atoms with E-state index in [9.17, 15) is 13.6 Å². The molecule has 0 aliphatic rings. The van der Waals surface area contributed by atoms with Gasteiger partial charge in [-0.15, -0.1) is 0 Å². The highest BCUT2D eigenvalue weighted by Gasteiger charge is 2.17. The van der Waals surface area contributed by atoms with Gasteiger partial charge < -0.3 is 4.74 Å². The molecule has 0 bridgehead atoms. The summed E-state index contributed by atoms with van der Waals surface area (Å²) in [5.74, 6) is -0.566. The summed E-state index contributed by atoms with van der Waals surface area (Å²) in [6.45, 7) is 0. The lowest BCUT2D eigenvalue weighted by Gasteiger charge is -1.99.